The highest BCUT2D eigenvalue weighted by Crippen LogP contribution is 2.26. The first-order valence-electron chi connectivity index (χ1n) is 7.56. The number of benzene rings is 2. The van der Waals surface area contributed by atoms with Crippen LogP contribution in [0.1, 0.15) is 36.7 Å². The summed E-state index contributed by atoms with van der Waals surface area (Å²) in [5.41, 5.74) is 1.26. The van der Waals surface area contributed by atoms with Gasteiger partial charge in [-0.15, -0.1) is 0 Å². The van der Waals surface area contributed by atoms with Crippen LogP contribution < -0.4 is 4.72 Å². The summed E-state index contributed by atoms with van der Waals surface area (Å²) < 4.78 is 33.1. The minimum absolute atomic E-state index is 0.0700. The van der Waals surface area contributed by atoms with Crippen molar-refractivity contribution in [2.45, 2.75) is 31.1 Å². The number of rotatable bonds is 4. The number of esters is 1. The Hall–Kier alpha value is -1.86. The third kappa shape index (κ3) is 4.61. The largest absolute Gasteiger partial charge is 0.465 e. The van der Waals surface area contributed by atoms with E-state index < -0.39 is 16.0 Å². The summed E-state index contributed by atoms with van der Waals surface area (Å²) in [7, 11) is -2.58. The van der Waals surface area contributed by atoms with Gasteiger partial charge in [-0.25, -0.2) is 13.2 Å². The molecular weight excluding hydrogens is 406 g/mol. The van der Waals surface area contributed by atoms with E-state index in [1.165, 1.54) is 19.2 Å². The van der Waals surface area contributed by atoms with Crippen molar-refractivity contribution in [3.8, 4) is 0 Å². The van der Waals surface area contributed by atoms with Crippen molar-refractivity contribution < 1.29 is 17.9 Å². The molecule has 0 aromatic heterocycles. The smallest absolute Gasteiger partial charge is 0.340 e. The Labute approximate surface area is 156 Å². The maximum atomic E-state index is 12.6. The standard InChI is InChI=1S/C18H20BrNO4S/c1-18(2,3)12-5-8-14(9-6-12)25(22,23)20-16-10-7-13(19)11-15(16)17(21)24-4/h5-11,20H,1-4H3. The molecule has 5 nitrogen and oxygen atoms in total. The number of methoxy groups -OCH3 is 1. The topological polar surface area (TPSA) is 72.5 Å². The van der Waals surface area contributed by atoms with E-state index >= 15 is 0 Å². The number of carbonyl (C=O) groups is 1. The molecule has 1 N–H and O–H groups in total. The van der Waals surface area contributed by atoms with Gasteiger partial charge in [-0.2, -0.15) is 0 Å². The Morgan fingerprint density at radius 3 is 2.20 bits per heavy atom. The predicted octanol–water partition coefficient (Wildman–Crippen LogP) is 4.33. The van der Waals surface area contributed by atoms with Crippen LogP contribution in [0.2, 0.25) is 0 Å². The fourth-order valence-corrected chi connectivity index (χ4v) is 3.66. The summed E-state index contributed by atoms with van der Waals surface area (Å²) >= 11 is 3.26. The van der Waals surface area contributed by atoms with Crippen molar-refractivity contribution in [3.05, 3.63) is 58.1 Å². The Bertz CT molecular complexity index is 884. The summed E-state index contributed by atoms with van der Waals surface area (Å²) in [4.78, 5) is 12.0. The highest BCUT2D eigenvalue weighted by molar-refractivity contribution is 9.10. The molecule has 2 rings (SSSR count). The van der Waals surface area contributed by atoms with Crippen molar-refractivity contribution in [2.75, 3.05) is 11.8 Å². The lowest BCUT2D eigenvalue weighted by Crippen LogP contribution is -2.17. The van der Waals surface area contributed by atoms with Crippen LogP contribution in [0.3, 0.4) is 0 Å². The van der Waals surface area contributed by atoms with Crippen LogP contribution in [0.25, 0.3) is 0 Å². The van der Waals surface area contributed by atoms with Crippen LogP contribution in [0.5, 0.6) is 0 Å². The van der Waals surface area contributed by atoms with Crippen LogP contribution in [0, 0.1) is 0 Å². The van der Waals surface area contributed by atoms with Gasteiger partial charge in [-0.1, -0.05) is 48.8 Å². The number of sulfonamides is 1. The molecule has 2 aromatic rings. The SMILES string of the molecule is COC(=O)c1cc(Br)ccc1NS(=O)(=O)c1ccc(C(C)(C)C)cc1. The Kier molecular flexibility index (Phi) is 5.58. The van der Waals surface area contributed by atoms with Gasteiger partial charge in [0.25, 0.3) is 10.0 Å². The molecule has 0 spiro atoms. The van der Waals surface area contributed by atoms with Crippen molar-refractivity contribution in [3.63, 3.8) is 0 Å². The lowest BCUT2D eigenvalue weighted by molar-refractivity contribution is 0.0602. The van der Waals surface area contributed by atoms with E-state index in [1.54, 1.807) is 30.3 Å². The van der Waals surface area contributed by atoms with Crippen LogP contribution in [0.15, 0.2) is 51.8 Å². The van der Waals surface area contributed by atoms with Gasteiger partial charge in [0, 0.05) is 4.47 Å². The molecule has 0 unspecified atom stereocenters. The van der Waals surface area contributed by atoms with Crippen LogP contribution >= 0.6 is 15.9 Å². The van der Waals surface area contributed by atoms with E-state index in [2.05, 4.69) is 41.4 Å². The number of carbonyl (C=O) groups excluding carboxylic acids is 1. The lowest BCUT2D eigenvalue weighted by atomic mass is 9.87. The highest BCUT2D eigenvalue weighted by atomic mass is 79.9. The normalized spacial score (nSPS) is 11.9. The second-order valence-electron chi connectivity index (χ2n) is 6.56. The zero-order chi connectivity index (χ0) is 18.8. The molecule has 0 heterocycles. The van der Waals surface area contributed by atoms with E-state index in [-0.39, 0.29) is 21.6 Å². The van der Waals surface area contributed by atoms with Crippen molar-refractivity contribution >= 4 is 37.6 Å². The molecule has 0 fully saturated rings. The lowest BCUT2D eigenvalue weighted by Gasteiger charge is -2.19. The first-order chi connectivity index (χ1) is 11.5. The maximum absolute atomic E-state index is 12.6. The molecule has 134 valence electrons. The maximum Gasteiger partial charge on any atom is 0.340 e. The van der Waals surface area contributed by atoms with Gasteiger partial charge < -0.3 is 4.74 Å². The van der Waals surface area contributed by atoms with Crippen molar-refractivity contribution in [2.24, 2.45) is 0 Å². The Morgan fingerprint density at radius 1 is 1.08 bits per heavy atom. The minimum atomic E-state index is -3.83. The Balaban J connectivity index is 2.38. The second-order valence-corrected chi connectivity index (χ2v) is 9.16. The van der Waals surface area contributed by atoms with Gasteiger partial charge in [0.15, 0.2) is 0 Å². The fourth-order valence-electron chi connectivity index (χ4n) is 2.22. The molecular formula is C18H20BrNO4S. The number of nitrogens with one attached hydrogen (secondary N) is 1. The summed E-state index contributed by atoms with van der Waals surface area (Å²) in [6.07, 6.45) is 0. The molecule has 0 bridgehead atoms. The second kappa shape index (κ2) is 7.17. The van der Waals surface area contributed by atoms with E-state index in [9.17, 15) is 13.2 Å². The van der Waals surface area contributed by atoms with E-state index in [0.29, 0.717) is 4.47 Å². The summed E-state index contributed by atoms with van der Waals surface area (Å²) in [6.45, 7) is 6.16. The first kappa shape index (κ1) is 19.5. The van der Waals surface area contributed by atoms with Crippen LogP contribution in [0.4, 0.5) is 5.69 Å². The average Bonchev–Trinajstić information content (AvgIpc) is 2.55. The molecule has 0 aliphatic carbocycles. The van der Waals surface area contributed by atoms with Gasteiger partial charge in [-0.3, -0.25) is 4.72 Å². The number of halogens is 1. The molecule has 0 saturated heterocycles. The molecule has 25 heavy (non-hydrogen) atoms. The van der Waals surface area contributed by atoms with Gasteiger partial charge in [-0.05, 0) is 41.3 Å². The number of hydrogen-bond acceptors (Lipinski definition) is 4. The molecule has 2 aromatic carbocycles. The predicted molar refractivity (Wildman–Crippen MR) is 101 cm³/mol. The van der Waals surface area contributed by atoms with Crippen LogP contribution in [-0.4, -0.2) is 21.5 Å². The van der Waals surface area contributed by atoms with Gasteiger partial charge in [0.05, 0.1) is 23.3 Å². The molecule has 7 heteroatoms. The van der Waals surface area contributed by atoms with Crippen LogP contribution in [-0.2, 0) is 20.2 Å². The monoisotopic (exact) mass is 425 g/mol. The van der Waals surface area contributed by atoms with Gasteiger partial charge >= 0.3 is 5.97 Å². The number of ether oxygens (including phenoxy) is 1. The van der Waals surface area contributed by atoms with Crippen molar-refractivity contribution in [1.29, 1.82) is 0 Å². The van der Waals surface area contributed by atoms with E-state index in [0.717, 1.165) is 5.56 Å². The fraction of sp³-hybridized carbons (Fsp3) is 0.278. The van der Waals surface area contributed by atoms with Gasteiger partial charge in [0.2, 0.25) is 0 Å². The molecule has 0 radical (unpaired) electrons. The highest BCUT2D eigenvalue weighted by Gasteiger charge is 2.21. The van der Waals surface area contributed by atoms with E-state index in [1.807, 2.05) is 0 Å². The number of hydrogen-bond donors (Lipinski definition) is 1. The van der Waals surface area contributed by atoms with Gasteiger partial charge in [0.1, 0.15) is 0 Å². The molecule has 0 atom stereocenters. The Morgan fingerprint density at radius 2 is 1.68 bits per heavy atom. The molecule has 0 aliphatic rings. The quantitative estimate of drug-likeness (QED) is 0.739. The molecule has 0 saturated carbocycles. The zero-order valence-corrected chi connectivity index (χ0v) is 16.9. The summed E-state index contributed by atoms with van der Waals surface area (Å²) in [6, 6.07) is 11.4. The summed E-state index contributed by atoms with van der Waals surface area (Å²) in [5, 5.41) is 0. The minimum Gasteiger partial charge on any atom is -0.465 e. The average molecular weight is 426 g/mol. The third-order valence-corrected chi connectivity index (χ3v) is 5.54. The molecule has 0 amide bonds. The zero-order valence-electron chi connectivity index (χ0n) is 14.5. The first-order valence-corrected chi connectivity index (χ1v) is 9.83. The van der Waals surface area contributed by atoms with E-state index in [4.69, 9.17) is 4.74 Å². The molecule has 0 aliphatic heterocycles. The van der Waals surface area contributed by atoms with Crippen molar-refractivity contribution in [1.82, 2.24) is 0 Å². The third-order valence-electron chi connectivity index (χ3n) is 3.66. The number of anilines is 1. The summed E-state index contributed by atoms with van der Waals surface area (Å²) in [5.74, 6) is -0.623.